The van der Waals surface area contributed by atoms with Gasteiger partial charge < -0.3 is 24.4 Å². The number of carbonyl (C=O) groups excluding carboxylic acids is 2. The monoisotopic (exact) mass is 473 g/mol. The van der Waals surface area contributed by atoms with Crippen molar-refractivity contribution in [3.8, 4) is 5.75 Å². The van der Waals surface area contributed by atoms with E-state index in [4.69, 9.17) is 9.47 Å². The quantitative estimate of drug-likeness (QED) is 0.709. The molecule has 1 aromatic carbocycles. The Labute approximate surface area is 200 Å². The van der Waals surface area contributed by atoms with Gasteiger partial charge in [-0.3, -0.25) is 9.48 Å². The molecular formula is C24H35N5O5. The van der Waals surface area contributed by atoms with E-state index in [9.17, 15) is 14.7 Å². The molecule has 186 valence electrons. The Balaban J connectivity index is 1.75. The van der Waals surface area contributed by atoms with Gasteiger partial charge in [0.15, 0.2) is 0 Å². The van der Waals surface area contributed by atoms with Crippen molar-refractivity contribution in [1.29, 1.82) is 0 Å². The highest BCUT2D eigenvalue weighted by Gasteiger charge is 2.29. The minimum Gasteiger partial charge on any atom is -0.410 e. The zero-order chi connectivity index (χ0) is 24.7. The molecule has 2 heterocycles. The van der Waals surface area contributed by atoms with Gasteiger partial charge in [0.1, 0.15) is 11.4 Å². The zero-order valence-electron chi connectivity index (χ0n) is 20.4. The summed E-state index contributed by atoms with van der Waals surface area (Å²) >= 11 is 0. The van der Waals surface area contributed by atoms with E-state index in [2.05, 4.69) is 10.3 Å². The number of aryl methyl sites for hydroxylation is 2. The Morgan fingerprint density at radius 1 is 1.35 bits per heavy atom. The van der Waals surface area contributed by atoms with Crippen LogP contribution in [0.15, 0.2) is 30.5 Å². The molecular weight excluding hydrogens is 438 g/mol. The number of ether oxygens (including phenoxy) is 2. The van der Waals surface area contributed by atoms with Crippen LogP contribution < -0.4 is 4.74 Å². The highest BCUT2D eigenvalue weighted by atomic mass is 16.6. The summed E-state index contributed by atoms with van der Waals surface area (Å²) in [4.78, 5) is 28.8. The maximum atomic E-state index is 12.9. The third-order valence-electron chi connectivity index (χ3n) is 6.04. The molecule has 3 atom stereocenters. The molecule has 0 radical (unpaired) electrons. The number of carbonyl (C=O) groups is 2. The van der Waals surface area contributed by atoms with Crippen LogP contribution in [-0.2, 0) is 22.7 Å². The molecule has 1 N–H and O–H groups in total. The van der Waals surface area contributed by atoms with Crippen LogP contribution in [0.5, 0.6) is 5.75 Å². The molecule has 1 aromatic heterocycles. The van der Waals surface area contributed by atoms with Crippen LogP contribution in [0.25, 0.3) is 0 Å². The van der Waals surface area contributed by atoms with Crippen LogP contribution in [0.3, 0.4) is 0 Å². The second-order valence-electron chi connectivity index (χ2n) is 9.04. The summed E-state index contributed by atoms with van der Waals surface area (Å²) in [5.41, 5.74) is 1.76. The molecule has 34 heavy (non-hydrogen) atoms. The lowest BCUT2D eigenvalue weighted by Gasteiger charge is -2.35. The zero-order valence-corrected chi connectivity index (χ0v) is 20.4. The van der Waals surface area contributed by atoms with Crippen LogP contribution >= 0.6 is 0 Å². The Bertz CT molecular complexity index is 947. The molecule has 2 amide bonds. The van der Waals surface area contributed by atoms with Crippen molar-refractivity contribution in [3.63, 3.8) is 0 Å². The molecule has 0 unspecified atom stereocenters. The normalized spacial score (nSPS) is 20.6. The maximum Gasteiger partial charge on any atom is 0.415 e. The third-order valence-corrected chi connectivity index (χ3v) is 6.04. The Hall–Kier alpha value is -2.98. The Kier molecular flexibility index (Phi) is 9.00. The van der Waals surface area contributed by atoms with Gasteiger partial charge in [0.25, 0.3) is 0 Å². The lowest BCUT2D eigenvalue weighted by Crippen LogP contribution is -2.48. The van der Waals surface area contributed by atoms with Crippen molar-refractivity contribution in [2.45, 2.75) is 58.9 Å². The molecule has 0 saturated heterocycles. The van der Waals surface area contributed by atoms with E-state index in [-0.39, 0.29) is 37.6 Å². The number of fused-ring (bicyclic) bond motifs is 2. The largest absolute Gasteiger partial charge is 0.415 e. The summed E-state index contributed by atoms with van der Waals surface area (Å²) in [6.07, 6.45) is 1.89. The van der Waals surface area contributed by atoms with Crippen LogP contribution in [-0.4, -0.2) is 80.8 Å². The van der Waals surface area contributed by atoms with E-state index in [0.717, 1.165) is 5.56 Å². The number of rotatable bonds is 5. The van der Waals surface area contributed by atoms with Gasteiger partial charge in [0.05, 0.1) is 38.1 Å². The van der Waals surface area contributed by atoms with Crippen molar-refractivity contribution in [2.24, 2.45) is 5.92 Å². The van der Waals surface area contributed by atoms with Gasteiger partial charge in [-0.1, -0.05) is 29.8 Å². The number of aromatic nitrogens is 3. The van der Waals surface area contributed by atoms with Gasteiger partial charge in [0, 0.05) is 32.5 Å². The van der Waals surface area contributed by atoms with Crippen LogP contribution in [0.2, 0.25) is 0 Å². The number of aliphatic hydroxyl groups excluding tert-OH is 1. The highest BCUT2D eigenvalue weighted by Crippen LogP contribution is 2.18. The van der Waals surface area contributed by atoms with Crippen molar-refractivity contribution < 1.29 is 24.2 Å². The van der Waals surface area contributed by atoms with E-state index in [1.165, 1.54) is 4.90 Å². The summed E-state index contributed by atoms with van der Waals surface area (Å²) in [6, 6.07) is 6.95. The SMILES string of the molecule is Cc1ccc(OC(=O)N(C)C[C@@H]2OCc3cn(nn3)CCCC(=O)N([C@@H](C)CO)C[C@H]2C)cc1. The summed E-state index contributed by atoms with van der Waals surface area (Å²) in [5.74, 6) is 0.318. The van der Waals surface area contributed by atoms with E-state index in [0.29, 0.717) is 37.4 Å². The third kappa shape index (κ3) is 7.01. The smallest absolute Gasteiger partial charge is 0.410 e. The number of hydrogen-bond donors (Lipinski definition) is 1. The van der Waals surface area contributed by atoms with Gasteiger partial charge >= 0.3 is 6.09 Å². The summed E-state index contributed by atoms with van der Waals surface area (Å²) in [7, 11) is 1.66. The minimum atomic E-state index is -0.495. The number of likely N-dealkylation sites (N-methyl/N-ethyl adjacent to an activating group) is 1. The van der Waals surface area contributed by atoms with Gasteiger partial charge in [0.2, 0.25) is 5.91 Å². The average Bonchev–Trinajstić information content (AvgIpc) is 3.27. The van der Waals surface area contributed by atoms with Gasteiger partial charge in [-0.2, -0.15) is 0 Å². The number of nitrogens with zero attached hydrogens (tertiary/aromatic N) is 5. The first-order valence-corrected chi connectivity index (χ1v) is 11.7. The molecule has 3 rings (SSSR count). The molecule has 1 aliphatic heterocycles. The van der Waals surface area contributed by atoms with E-state index in [1.807, 2.05) is 39.1 Å². The molecule has 2 bridgehead atoms. The first-order valence-electron chi connectivity index (χ1n) is 11.7. The standard InChI is InChI=1S/C24H35N5O5/c1-17-7-9-21(10-8-17)34-24(32)27(4)14-22-18(2)12-29(19(3)15-30)23(31)6-5-11-28-13-20(16-33-22)25-26-28/h7-10,13,18-19,22,30H,5-6,11-12,14-16H2,1-4H3/t18-,19+,22+/m1/s1. The predicted octanol–water partition coefficient (Wildman–Crippen LogP) is 2.24. The molecule has 0 saturated carbocycles. The topological polar surface area (TPSA) is 110 Å². The molecule has 1 aliphatic rings. The molecule has 0 fully saturated rings. The fourth-order valence-electron chi connectivity index (χ4n) is 3.82. The van der Waals surface area contributed by atoms with Crippen LogP contribution in [0.1, 0.15) is 37.9 Å². The number of hydrogen-bond acceptors (Lipinski definition) is 7. The molecule has 10 nitrogen and oxygen atoms in total. The highest BCUT2D eigenvalue weighted by molar-refractivity contribution is 5.76. The fourth-order valence-corrected chi connectivity index (χ4v) is 3.82. The second-order valence-corrected chi connectivity index (χ2v) is 9.04. The summed E-state index contributed by atoms with van der Waals surface area (Å²) in [6.45, 7) is 7.11. The minimum absolute atomic E-state index is 0.0288. The molecule has 10 heteroatoms. The number of aliphatic hydroxyl groups is 1. The van der Waals surface area contributed by atoms with E-state index < -0.39 is 12.2 Å². The fraction of sp³-hybridized carbons (Fsp3) is 0.583. The Morgan fingerprint density at radius 2 is 2.09 bits per heavy atom. The first-order chi connectivity index (χ1) is 16.3. The summed E-state index contributed by atoms with van der Waals surface area (Å²) in [5, 5.41) is 18.0. The van der Waals surface area contributed by atoms with Gasteiger partial charge in [-0.05, 0) is 32.4 Å². The van der Waals surface area contributed by atoms with Gasteiger partial charge in [-0.15, -0.1) is 5.10 Å². The van der Waals surface area contributed by atoms with E-state index >= 15 is 0 Å². The lowest BCUT2D eigenvalue weighted by atomic mass is 10.0. The number of amides is 2. The van der Waals surface area contributed by atoms with Crippen molar-refractivity contribution in [3.05, 3.63) is 41.7 Å². The average molecular weight is 474 g/mol. The van der Waals surface area contributed by atoms with Crippen molar-refractivity contribution in [2.75, 3.05) is 26.7 Å². The van der Waals surface area contributed by atoms with Crippen LogP contribution in [0, 0.1) is 12.8 Å². The molecule has 0 aliphatic carbocycles. The molecule has 0 spiro atoms. The summed E-state index contributed by atoms with van der Waals surface area (Å²) < 4.78 is 13.4. The second kappa shape index (κ2) is 11.9. The van der Waals surface area contributed by atoms with E-state index in [1.54, 1.807) is 28.8 Å². The maximum absolute atomic E-state index is 12.9. The number of benzene rings is 1. The van der Waals surface area contributed by atoms with Crippen molar-refractivity contribution >= 4 is 12.0 Å². The Morgan fingerprint density at radius 3 is 2.79 bits per heavy atom. The lowest BCUT2D eigenvalue weighted by molar-refractivity contribution is -0.136. The van der Waals surface area contributed by atoms with Crippen molar-refractivity contribution in [1.82, 2.24) is 24.8 Å². The first kappa shape index (κ1) is 25.6. The van der Waals surface area contributed by atoms with Crippen LogP contribution in [0.4, 0.5) is 4.79 Å². The predicted molar refractivity (Wildman–Crippen MR) is 125 cm³/mol. The van der Waals surface area contributed by atoms with Gasteiger partial charge in [-0.25, -0.2) is 4.79 Å². The molecule has 2 aromatic rings.